The van der Waals surface area contributed by atoms with Gasteiger partial charge in [-0.05, 0) is 13.1 Å². The van der Waals surface area contributed by atoms with Crippen molar-refractivity contribution in [1.29, 1.82) is 0 Å². The van der Waals surface area contributed by atoms with Crippen LogP contribution in [0.15, 0.2) is 0 Å². The highest BCUT2D eigenvalue weighted by Gasteiger charge is 2.46. The van der Waals surface area contributed by atoms with Crippen molar-refractivity contribution in [3.8, 4) is 0 Å². The van der Waals surface area contributed by atoms with Crippen LogP contribution in [0.3, 0.4) is 0 Å². The first-order valence-corrected chi connectivity index (χ1v) is 5.82. The van der Waals surface area contributed by atoms with Gasteiger partial charge in [0.2, 0.25) is 0 Å². The minimum atomic E-state index is -0.595. The van der Waals surface area contributed by atoms with Crippen molar-refractivity contribution in [2.24, 2.45) is 0 Å². The topological polar surface area (TPSA) is 50.8 Å². The molecule has 1 rings (SSSR count). The minimum Gasteiger partial charge on any atom is -0.468 e. The lowest BCUT2D eigenvalue weighted by Gasteiger charge is -2.39. The molecule has 0 aromatic rings. The van der Waals surface area contributed by atoms with E-state index in [2.05, 4.69) is 24.1 Å². The zero-order valence-corrected chi connectivity index (χ0v) is 10.4. The summed E-state index contributed by atoms with van der Waals surface area (Å²) in [6, 6.07) is 0. The molecule has 1 heterocycles. The van der Waals surface area contributed by atoms with Crippen molar-refractivity contribution in [2.45, 2.75) is 19.4 Å². The average Bonchev–Trinajstić information content (AvgIpc) is 2.26. The molecule has 1 fully saturated rings. The Bertz CT molecular complexity index is 225. The van der Waals surface area contributed by atoms with Crippen molar-refractivity contribution >= 4 is 5.97 Å². The fourth-order valence-electron chi connectivity index (χ4n) is 1.79. The van der Waals surface area contributed by atoms with Gasteiger partial charge in [0.15, 0.2) is 5.54 Å². The first-order chi connectivity index (χ1) is 7.68. The lowest BCUT2D eigenvalue weighted by Crippen LogP contribution is -2.66. The molecule has 0 radical (unpaired) electrons. The molecule has 1 aliphatic heterocycles. The number of carbonyl (C=O) groups is 1. The Morgan fingerprint density at radius 3 is 2.44 bits per heavy atom. The van der Waals surface area contributed by atoms with Crippen molar-refractivity contribution < 1.29 is 14.3 Å². The fourth-order valence-corrected chi connectivity index (χ4v) is 1.79. The molecule has 0 saturated carbocycles. The van der Waals surface area contributed by atoms with E-state index in [9.17, 15) is 4.79 Å². The monoisotopic (exact) mass is 230 g/mol. The molecule has 0 atom stereocenters. The lowest BCUT2D eigenvalue weighted by molar-refractivity contribution is -0.169. The van der Waals surface area contributed by atoms with Crippen LogP contribution in [-0.4, -0.2) is 62.9 Å². The third-order valence-electron chi connectivity index (χ3n) is 3.06. The number of esters is 1. The maximum absolute atomic E-state index is 11.6. The van der Waals surface area contributed by atoms with Gasteiger partial charge in [-0.3, -0.25) is 5.32 Å². The zero-order chi connectivity index (χ0) is 12.0. The van der Waals surface area contributed by atoms with Crippen LogP contribution in [0.25, 0.3) is 0 Å². The first-order valence-electron chi connectivity index (χ1n) is 5.82. The van der Waals surface area contributed by atoms with Crippen LogP contribution in [-0.2, 0) is 14.3 Å². The highest BCUT2D eigenvalue weighted by molar-refractivity contribution is 5.82. The number of carbonyl (C=O) groups excluding carboxylic acids is 1. The number of nitrogens with one attached hydrogen (secondary N) is 1. The molecule has 5 heteroatoms. The molecule has 1 aliphatic rings. The molecule has 0 unspecified atom stereocenters. The summed E-state index contributed by atoms with van der Waals surface area (Å²) in [7, 11) is 1.41. The summed E-state index contributed by atoms with van der Waals surface area (Å²) in [5.41, 5.74) is -0.595. The molecule has 0 amide bonds. The number of likely N-dealkylation sites (N-methyl/N-ethyl adjacent to an activating group) is 1. The van der Waals surface area contributed by atoms with E-state index in [-0.39, 0.29) is 5.97 Å². The maximum atomic E-state index is 11.6. The van der Waals surface area contributed by atoms with Crippen molar-refractivity contribution in [2.75, 3.05) is 46.5 Å². The Labute approximate surface area is 97.1 Å². The van der Waals surface area contributed by atoms with Crippen LogP contribution in [0.5, 0.6) is 0 Å². The van der Waals surface area contributed by atoms with E-state index in [0.717, 1.165) is 26.2 Å². The van der Waals surface area contributed by atoms with Gasteiger partial charge in [0, 0.05) is 13.1 Å². The predicted octanol–water partition coefficient (Wildman–Crippen LogP) is -0.140. The zero-order valence-electron chi connectivity index (χ0n) is 10.4. The second kappa shape index (κ2) is 6.18. The molecule has 94 valence electrons. The van der Waals surface area contributed by atoms with Gasteiger partial charge in [0.25, 0.3) is 0 Å². The van der Waals surface area contributed by atoms with Gasteiger partial charge in [-0.2, -0.15) is 0 Å². The van der Waals surface area contributed by atoms with Crippen molar-refractivity contribution in [3.05, 3.63) is 0 Å². The number of nitrogens with zero attached hydrogens (tertiary/aromatic N) is 1. The molecule has 0 aliphatic carbocycles. The van der Waals surface area contributed by atoms with Crippen LogP contribution in [0.4, 0.5) is 0 Å². The molecular weight excluding hydrogens is 208 g/mol. The summed E-state index contributed by atoms with van der Waals surface area (Å²) >= 11 is 0. The number of hydrogen-bond acceptors (Lipinski definition) is 5. The number of methoxy groups -OCH3 is 1. The molecule has 0 bridgehead atoms. The normalized spacial score (nSPS) is 18.2. The van der Waals surface area contributed by atoms with Gasteiger partial charge in [-0.15, -0.1) is 0 Å². The average molecular weight is 230 g/mol. The third-order valence-corrected chi connectivity index (χ3v) is 3.06. The van der Waals surface area contributed by atoms with Crippen molar-refractivity contribution in [3.63, 3.8) is 0 Å². The van der Waals surface area contributed by atoms with E-state index in [1.807, 2.05) is 0 Å². The second-order valence-electron chi connectivity index (χ2n) is 4.02. The molecule has 1 saturated heterocycles. The number of rotatable bonds is 7. The van der Waals surface area contributed by atoms with Crippen LogP contribution in [0.1, 0.15) is 13.8 Å². The number of ether oxygens (including phenoxy) is 2. The fraction of sp³-hybridized carbons (Fsp3) is 0.909. The van der Waals surface area contributed by atoms with E-state index in [1.54, 1.807) is 0 Å². The molecule has 16 heavy (non-hydrogen) atoms. The Hall–Kier alpha value is -0.650. The van der Waals surface area contributed by atoms with Crippen LogP contribution < -0.4 is 5.32 Å². The van der Waals surface area contributed by atoms with Crippen LogP contribution in [0, 0.1) is 0 Å². The van der Waals surface area contributed by atoms with Gasteiger partial charge in [-0.25, -0.2) is 4.79 Å². The van der Waals surface area contributed by atoms with Crippen LogP contribution in [0.2, 0.25) is 0 Å². The van der Waals surface area contributed by atoms with Gasteiger partial charge >= 0.3 is 5.97 Å². The van der Waals surface area contributed by atoms with E-state index in [4.69, 9.17) is 9.47 Å². The summed E-state index contributed by atoms with van der Waals surface area (Å²) in [4.78, 5) is 13.9. The summed E-state index contributed by atoms with van der Waals surface area (Å²) < 4.78 is 9.87. The predicted molar refractivity (Wildman–Crippen MR) is 61.4 cm³/mol. The van der Waals surface area contributed by atoms with E-state index >= 15 is 0 Å². The van der Waals surface area contributed by atoms with E-state index in [1.165, 1.54) is 7.11 Å². The van der Waals surface area contributed by atoms with Gasteiger partial charge in [0.05, 0.1) is 20.3 Å². The SMILES string of the molecule is CCN(CC)CCNC1(C(=O)OC)COC1. The largest absolute Gasteiger partial charge is 0.468 e. The minimum absolute atomic E-state index is 0.224. The van der Waals surface area contributed by atoms with Crippen molar-refractivity contribution in [1.82, 2.24) is 10.2 Å². The Kier molecular flexibility index (Phi) is 5.18. The van der Waals surface area contributed by atoms with Crippen LogP contribution >= 0.6 is 0 Å². The third kappa shape index (κ3) is 2.93. The lowest BCUT2D eigenvalue weighted by atomic mass is 9.98. The summed E-state index contributed by atoms with van der Waals surface area (Å²) in [6.45, 7) is 8.86. The first kappa shape index (κ1) is 13.4. The Balaban J connectivity index is 2.32. The standard InChI is InChI=1S/C11H22N2O3/c1-4-13(5-2)7-6-12-11(8-16-9-11)10(14)15-3/h12H,4-9H2,1-3H3. The quantitative estimate of drug-likeness (QED) is 0.617. The highest BCUT2D eigenvalue weighted by atomic mass is 16.5. The second-order valence-corrected chi connectivity index (χ2v) is 4.02. The summed E-state index contributed by atoms with van der Waals surface area (Å²) in [5.74, 6) is -0.224. The maximum Gasteiger partial charge on any atom is 0.330 e. The van der Waals surface area contributed by atoms with Gasteiger partial charge in [0.1, 0.15) is 0 Å². The number of hydrogen-bond donors (Lipinski definition) is 1. The molecule has 1 N–H and O–H groups in total. The molecule has 0 spiro atoms. The summed E-state index contributed by atoms with van der Waals surface area (Å²) in [6.07, 6.45) is 0. The smallest absolute Gasteiger partial charge is 0.330 e. The van der Waals surface area contributed by atoms with Gasteiger partial charge in [-0.1, -0.05) is 13.8 Å². The van der Waals surface area contributed by atoms with E-state index < -0.39 is 5.54 Å². The van der Waals surface area contributed by atoms with E-state index in [0.29, 0.717) is 13.2 Å². The Morgan fingerprint density at radius 1 is 1.44 bits per heavy atom. The molecule has 5 nitrogen and oxygen atoms in total. The summed E-state index contributed by atoms with van der Waals surface area (Å²) in [5, 5.41) is 3.24. The Morgan fingerprint density at radius 2 is 2.06 bits per heavy atom. The molecule has 0 aromatic heterocycles. The molecule has 0 aromatic carbocycles. The van der Waals surface area contributed by atoms with Gasteiger partial charge < -0.3 is 14.4 Å². The molecular formula is C11H22N2O3. The highest BCUT2D eigenvalue weighted by Crippen LogP contribution is 2.18.